The van der Waals surface area contributed by atoms with Gasteiger partial charge in [-0.1, -0.05) is 48.0 Å². The molecule has 0 radical (unpaired) electrons. The Labute approximate surface area is 216 Å². The lowest BCUT2D eigenvalue weighted by Gasteiger charge is -2.50. The fourth-order valence-electron chi connectivity index (χ4n) is 5.15. The molecule has 1 saturated heterocycles. The number of allylic oxidation sites excluding steroid dienone is 2. The van der Waals surface area contributed by atoms with E-state index in [4.69, 9.17) is 0 Å². The van der Waals surface area contributed by atoms with E-state index < -0.39 is 20.4 Å². The quantitative estimate of drug-likeness (QED) is 0.257. The number of sulfonamides is 1. The van der Waals surface area contributed by atoms with Crippen LogP contribution in [0.15, 0.2) is 94.9 Å². The van der Waals surface area contributed by atoms with Crippen molar-refractivity contribution >= 4 is 33.6 Å². The Balaban J connectivity index is 1.49. The van der Waals surface area contributed by atoms with E-state index in [9.17, 15) is 23.3 Å². The Morgan fingerprint density at radius 2 is 1.35 bits per heavy atom. The van der Waals surface area contributed by atoms with Crippen molar-refractivity contribution in [2.45, 2.75) is 24.7 Å². The number of rotatable bonds is 5. The molecule has 0 atom stereocenters. The second kappa shape index (κ2) is 9.53. The number of hydrogen-bond acceptors (Lipinski definition) is 5. The molecule has 0 aromatic heterocycles. The topological polar surface area (TPSA) is 97.6 Å². The van der Waals surface area contributed by atoms with Gasteiger partial charge in [-0.2, -0.15) is 4.31 Å². The Hall–Kier alpha value is -3.88. The third-order valence-electron chi connectivity index (χ3n) is 7.28. The van der Waals surface area contributed by atoms with Gasteiger partial charge in [0.2, 0.25) is 10.0 Å². The molecule has 1 saturated carbocycles. The lowest BCUT2D eigenvalue weighted by molar-refractivity contribution is -0.384. The van der Waals surface area contributed by atoms with E-state index in [2.05, 4.69) is 0 Å². The molecule has 0 amide bonds. The Kier molecular flexibility index (Phi) is 6.39. The van der Waals surface area contributed by atoms with Crippen LogP contribution in [0.2, 0.25) is 0 Å². The van der Waals surface area contributed by atoms with E-state index in [1.165, 1.54) is 16.4 Å². The molecule has 3 aromatic carbocycles. The van der Waals surface area contributed by atoms with Crippen LogP contribution in [0.3, 0.4) is 0 Å². The van der Waals surface area contributed by atoms with Gasteiger partial charge in [0, 0.05) is 41.8 Å². The number of aryl methyl sites for hydroxylation is 1. The van der Waals surface area contributed by atoms with Gasteiger partial charge in [0.05, 0.1) is 9.82 Å². The summed E-state index contributed by atoms with van der Waals surface area (Å²) in [4.78, 5) is 24.2. The molecule has 0 unspecified atom stereocenters. The van der Waals surface area contributed by atoms with Crippen molar-refractivity contribution in [3.05, 3.63) is 117 Å². The third-order valence-corrected chi connectivity index (χ3v) is 9.19. The number of Topliss-reactive ketones (excluding diaryl/α,β-unsaturated/α-hetero) is 1. The highest BCUT2D eigenvalue weighted by Gasteiger charge is 2.55. The van der Waals surface area contributed by atoms with Gasteiger partial charge in [-0.3, -0.25) is 14.9 Å². The SMILES string of the molecule is Cc1ccc(/C=C2/C(=O)/C(=C/c3ccc([N+](=O)[O-])cc3)C23CCN(S(=O)(=O)c2ccccc2)CC3)cc1. The Morgan fingerprint density at radius 3 is 1.86 bits per heavy atom. The maximum absolute atomic E-state index is 13.4. The molecule has 0 bridgehead atoms. The number of nitro groups is 1. The molecule has 37 heavy (non-hydrogen) atoms. The number of hydrogen-bond donors (Lipinski definition) is 0. The molecule has 3 aromatic rings. The fraction of sp³-hybridized carbons (Fsp3) is 0.207. The smallest absolute Gasteiger partial charge is 0.269 e. The number of carbonyl (C=O) groups is 1. The van der Waals surface area contributed by atoms with Crippen molar-refractivity contribution in [2.75, 3.05) is 13.1 Å². The number of ketones is 1. The van der Waals surface area contributed by atoms with Crippen LogP contribution in [-0.4, -0.2) is 36.5 Å². The number of nitrogens with zero attached hydrogens (tertiary/aromatic N) is 2. The standard InChI is InChI=1S/C29H26N2O5S/c1-21-7-9-22(10-8-21)19-26-28(32)27(20-23-11-13-24(14-12-23)31(33)34)29(26)15-17-30(18-16-29)37(35,36)25-5-3-2-4-6-25/h2-14,19-20H,15-18H2,1H3/b26-19-,27-20-. The van der Waals surface area contributed by atoms with Crippen LogP contribution in [-0.2, 0) is 14.8 Å². The molecule has 1 aliphatic carbocycles. The minimum absolute atomic E-state index is 0.0174. The maximum atomic E-state index is 13.4. The van der Waals surface area contributed by atoms with Crippen LogP contribution in [0, 0.1) is 22.5 Å². The molecule has 1 spiro atoms. The van der Waals surface area contributed by atoms with Crippen molar-refractivity contribution in [3.63, 3.8) is 0 Å². The summed E-state index contributed by atoms with van der Waals surface area (Å²) in [6.45, 7) is 2.57. The minimum atomic E-state index is -3.63. The van der Waals surface area contributed by atoms with Crippen molar-refractivity contribution in [3.8, 4) is 0 Å². The summed E-state index contributed by atoms with van der Waals surface area (Å²) in [7, 11) is -3.63. The van der Waals surface area contributed by atoms with E-state index in [1.807, 2.05) is 37.3 Å². The van der Waals surface area contributed by atoms with E-state index in [0.29, 0.717) is 29.6 Å². The van der Waals surface area contributed by atoms with E-state index in [1.54, 1.807) is 48.5 Å². The molecule has 2 aliphatic rings. The molecule has 1 aliphatic heterocycles. The molecule has 2 fully saturated rings. The summed E-state index contributed by atoms with van der Waals surface area (Å²) in [6.07, 6.45) is 4.65. The van der Waals surface area contributed by atoms with Crippen LogP contribution in [0.5, 0.6) is 0 Å². The molecule has 188 valence electrons. The third kappa shape index (κ3) is 4.54. The highest BCUT2D eigenvalue weighted by molar-refractivity contribution is 7.89. The zero-order chi connectivity index (χ0) is 26.2. The highest BCUT2D eigenvalue weighted by atomic mass is 32.2. The van der Waals surface area contributed by atoms with Crippen molar-refractivity contribution in [1.82, 2.24) is 4.31 Å². The van der Waals surface area contributed by atoms with Gasteiger partial charge in [0.15, 0.2) is 5.78 Å². The van der Waals surface area contributed by atoms with Crippen molar-refractivity contribution < 1.29 is 18.1 Å². The molecular weight excluding hydrogens is 488 g/mol. The average molecular weight is 515 g/mol. The summed E-state index contributed by atoms with van der Waals surface area (Å²) in [5, 5.41) is 11.0. The predicted molar refractivity (Wildman–Crippen MR) is 142 cm³/mol. The predicted octanol–water partition coefficient (Wildman–Crippen LogP) is 5.42. The largest absolute Gasteiger partial charge is 0.289 e. The van der Waals surface area contributed by atoms with Gasteiger partial charge >= 0.3 is 0 Å². The lowest BCUT2D eigenvalue weighted by atomic mass is 9.54. The highest BCUT2D eigenvalue weighted by Crippen LogP contribution is 2.56. The van der Waals surface area contributed by atoms with Gasteiger partial charge in [0.1, 0.15) is 0 Å². The molecule has 1 heterocycles. The number of non-ortho nitro benzene ring substituents is 1. The normalized spacial score (nSPS) is 19.8. The first-order valence-electron chi connectivity index (χ1n) is 12.1. The summed E-state index contributed by atoms with van der Waals surface area (Å²) in [5.41, 5.74) is 3.44. The van der Waals surface area contributed by atoms with Crippen molar-refractivity contribution in [1.29, 1.82) is 0 Å². The van der Waals surface area contributed by atoms with Gasteiger partial charge in [0.25, 0.3) is 5.69 Å². The second-order valence-corrected chi connectivity index (χ2v) is 11.4. The molecule has 0 N–H and O–H groups in total. The van der Waals surface area contributed by atoms with Crippen LogP contribution >= 0.6 is 0 Å². The van der Waals surface area contributed by atoms with Gasteiger partial charge in [-0.05, 0) is 67.3 Å². The number of piperidine rings is 1. The van der Waals surface area contributed by atoms with Gasteiger partial charge in [-0.25, -0.2) is 8.42 Å². The Morgan fingerprint density at radius 1 is 0.838 bits per heavy atom. The lowest BCUT2D eigenvalue weighted by Crippen LogP contribution is -2.52. The van der Waals surface area contributed by atoms with Crippen LogP contribution in [0.4, 0.5) is 5.69 Å². The van der Waals surface area contributed by atoms with E-state index in [0.717, 1.165) is 11.1 Å². The monoisotopic (exact) mass is 514 g/mol. The second-order valence-electron chi connectivity index (χ2n) is 9.50. The van der Waals surface area contributed by atoms with Crippen LogP contribution in [0.25, 0.3) is 12.2 Å². The Bertz CT molecular complexity index is 1520. The fourth-order valence-corrected chi connectivity index (χ4v) is 6.61. The van der Waals surface area contributed by atoms with Crippen LogP contribution < -0.4 is 0 Å². The summed E-state index contributed by atoms with van der Waals surface area (Å²) < 4.78 is 27.9. The average Bonchev–Trinajstić information content (AvgIpc) is 2.92. The van der Waals surface area contributed by atoms with Crippen LogP contribution in [0.1, 0.15) is 29.5 Å². The first-order chi connectivity index (χ1) is 17.7. The molecule has 8 heteroatoms. The first kappa shape index (κ1) is 24.8. The number of carbonyl (C=O) groups excluding carboxylic acids is 1. The number of benzene rings is 3. The first-order valence-corrected chi connectivity index (χ1v) is 13.5. The maximum Gasteiger partial charge on any atom is 0.269 e. The van der Waals surface area contributed by atoms with E-state index in [-0.39, 0.29) is 29.5 Å². The number of nitro benzene ring substituents is 1. The van der Waals surface area contributed by atoms with E-state index >= 15 is 0 Å². The zero-order valence-corrected chi connectivity index (χ0v) is 21.1. The zero-order valence-electron chi connectivity index (χ0n) is 20.3. The summed E-state index contributed by atoms with van der Waals surface area (Å²) in [5.74, 6) is -0.0710. The molecular formula is C29H26N2O5S. The van der Waals surface area contributed by atoms with Gasteiger partial charge in [-0.15, -0.1) is 0 Å². The summed E-state index contributed by atoms with van der Waals surface area (Å²) in [6, 6.07) is 22.4. The molecule has 7 nitrogen and oxygen atoms in total. The van der Waals surface area contributed by atoms with Gasteiger partial charge < -0.3 is 0 Å². The molecule has 5 rings (SSSR count). The summed E-state index contributed by atoms with van der Waals surface area (Å²) >= 11 is 0. The van der Waals surface area contributed by atoms with Crippen molar-refractivity contribution in [2.24, 2.45) is 5.41 Å². The minimum Gasteiger partial charge on any atom is -0.289 e.